The standard InChI is InChI=1S/C11H13NO3S/c13-9-6-10-4-1-2-5-11(10)16(14,15)12-7-3-8-12/h1-2,4-5,9H,3,6-8H2. The Balaban J connectivity index is 2.42. The van der Waals surface area contributed by atoms with Crippen LogP contribution in [0.25, 0.3) is 0 Å². The van der Waals surface area contributed by atoms with E-state index in [1.165, 1.54) is 4.31 Å². The Hall–Kier alpha value is -1.20. The van der Waals surface area contributed by atoms with Gasteiger partial charge in [-0.3, -0.25) is 0 Å². The van der Waals surface area contributed by atoms with E-state index in [9.17, 15) is 13.2 Å². The smallest absolute Gasteiger partial charge is 0.243 e. The van der Waals surface area contributed by atoms with Crippen LogP contribution in [-0.2, 0) is 21.2 Å². The van der Waals surface area contributed by atoms with Gasteiger partial charge >= 0.3 is 0 Å². The summed E-state index contributed by atoms with van der Waals surface area (Å²) >= 11 is 0. The van der Waals surface area contributed by atoms with Crippen LogP contribution >= 0.6 is 0 Å². The molecule has 86 valence electrons. The van der Waals surface area contributed by atoms with Gasteiger partial charge in [-0.25, -0.2) is 8.42 Å². The van der Waals surface area contributed by atoms with Crippen molar-refractivity contribution in [2.45, 2.75) is 17.7 Å². The average Bonchev–Trinajstić information content (AvgIpc) is 2.15. The average molecular weight is 239 g/mol. The lowest BCUT2D eigenvalue weighted by Crippen LogP contribution is -2.42. The van der Waals surface area contributed by atoms with Gasteiger partial charge in [0.15, 0.2) is 0 Å². The summed E-state index contributed by atoms with van der Waals surface area (Å²) in [6, 6.07) is 6.67. The van der Waals surface area contributed by atoms with Gasteiger partial charge in [0.25, 0.3) is 0 Å². The number of sulfonamides is 1. The maximum atomic E-state index is 12.1. The molecule has 5 heteroatoms. The van der Waals surface area contributed by atoms with Crippen LogP contribution in [0.3, 0.4) is 0 Å². The third-order valence-electron chi connectivity index (χ3n) is 2.71. The molecule has 0 amide bonds. The van der Waals surface area contributed by atoms with Crippen molar-refractivity contribution in [1.82, 2.24) is 4.31 Å². The first-order valence-electron chi connectivity index (χ1n) is 5.18. The quantitative estimate of drug-likeness (QED) is 0.731. The highest BCUT2D eigenvalue weighted by atomic mass is 32.2. The Labute approximate surface area is 94.9 Å². The molecule has 0 aliphatic carbocycles. The fourth-order valence-electron chi connectivity index (χ4n) is 1.68. The fourth-order valence-corrected chi connectivity index (χ4v) is 3.43. The Morgan fingerprint density at radius 3 is 2.50 bits per heavy atom. The van der Waals surface area contributed by atoms with Gasteiger partial charge in [0.05, 0.1) is 4.90 Å². The van der Waals surface area contributed by atoms with E-state index in [0.29, 0.717) is 18.7 Å². The maximum Gasteiger partial charge on any atom is 0.243 e. The van der Waals surface area contributed by atoms with Gasteiger partial charge in [-0.2, -0.15) is 4.31 Å². The van der Waals surface area contributed by atoms with Crippen LogP contribution in [0.5, 0.6) is 0 Å². The Morgan fingerprint density at radius 2 is 1.94 bits per heavy atom. The van der Waals surface area contributed by atoms with Crippen LogP contribution < -0.4 is 0 Å². The highest BCUT2D eigenvalue weighted by Crippen LogP contribution is 2.24. The number of benzene rings is 1. The maximum absolute atomic E-state index is 12.1. The van der Waals surface area contributed by atoms with Crippen LogP contribution in [0.4, 0.5) is 0 Å². The molecule has 0 bridgehead atoms. The molecule has 0 unspecified atom stereocenters. The number of rotatable bonds is 4. The summed E-state index contributed by atoms with van der Waals surface area (Å²) in [5.41, 5.74) is 0.574. The van der Waals surface area contributed by atoms with Crippen LogP contribution in [-0.4, -0.2) is 32.1 Å². The van der Waals surface area contributed by atoms with Gasteiger partial charge in [0.1, 0.15) is 6.29 Å². The van der Waals surface area contributed by atoms with Crippen LogP contribution in [0.15, 0.2) is 29.2 Å². The second-order valence-corrected chi connectivity index (χ2v) is 5.64. The van der Waals surface area contributed by atoms with Gasteiger partial charge in [-0.05, 0) is 18.1 Å². The second-order valence-electron chi connectivity index (χ2n) is 3.74. The summed E-state index contributed by atoms with van der Waals surface area (Å²) in [7, 11) is -3.38. The molecular weight excluding hydrogens is 226 g/mol. The molecule has 16 heavy (non-hydrogen) atoms. The van der Waals surface area contributed by atoms with E-state index in [-0.39, 0.29) is 11.3 Å². The zero-order valence-electron chi connectivity index (χ0n) is 8.80. The molecule has 0 N–H and O–H groups in total. The first-order valence-corrected chi connectivity index (χ1v) is 6.62. The number of hydrogen-bond donors (Lipinski definition) is 0. The van der Waals surface area contributed by atoms with E-state index in [1.807, 2.05) is 0 Å². The van der Waals surface area contributed by atoms with Crippen molar-refractivity contribution in [3.63, 3.8) is 0 Å². The molecule has 1 aromatic carbocycles. The number of hydrogen-bond acceptors (Lipinski definition) is 3. The fraction of sp³-hybridized carbons (Fsp3) is 0.364. The van der Waals surface area contributed by atoms with Crippen LogP contribution in [0, 0.1) is 0 Å². The topological polar surface area (TPSA) is 54.5 Å². The van der Waals surface area contributed by atoms with E-state index in [0.717, 1.165) is 12.7 Å². The predicted octanol–water partition coefficient (Wildman–Crippen LogP) is 0.822. The molecule has 1 fully saturated rings. The minimum atomic E-state index is -3.38. The molecule has 2 rings (SSSR count). The third-order valence-corrected chi connectivity index (χ3v) is 4.71. The zero-order valence-corrected chi connectivity index (χ0v) is 9.61. The highest BCUT2D eigenvalue weighted by Gasteiger charge is 2.30. The van der Waals surface area contributed by atoms with Crippen LogP contribution in [0.1, 0.15) is 12.0 Å². The lowest BCUT2D eigenvalue weighted by atomic mass is 10.2. The summed E-state index contributed by atoms with van der Waals surface area (Å²) in [6.45, 7) is 1.16. The van der Waals surface area contributed by atoms with Crippen molar-refractivity contribution >= 4 is 16.3 Å². The zero-order chi connectivity index (χ0) is 11.6. The number of aldehydes is 1. The highest BCUT2D eigenvalue weighted by molar-refractivity contribution is 7.89. The molecule has 0 saturated carbocycles. The van der Waals surface area contributed by atoms with E-state index < -0.39 is 10.0 Å². The lowest BCUT2D eigenvalue weighted by molar-refractivity contribution is -0.107. The van der Waals surface area contributed by atoms with Crippen molar-refractivity contribution in [2.75, 3.05) is 13.1 Å². The van der Waals surface area contributed by atoms with Gasteiger partial charge < -0.3 is 4.79 Å². The van der Waals surface area contributed by atoms with Crippen LogP contribution in [0.2, 0.25) is 0 Å². The van der Waals surface area contributed by atoms with Gasteiger partial charge in [0.2, 0.25) is 10.0 Å². The Morgan fingerprint density at radius 1 is 1.25 bits per heavy atom. The van der Waals surface area contributed by atoms with Gasteiger partial charge in [0, 0.05) is 19.5 Å². The van der Waals surface area contributed by atoms with Crippen molar-refractivity contribution in [3.05, 3.63) is 29.8 Å². The molecule has 1 aromatic rings. The first-order chi connectivity index (χ1) is 7.66. The minimum Gasteiger partial charge on any atom is -0.303 e. The number of nitrogens with zero attached hydrogens (tertiary/aromatic N) is 1. The molecule has 0 radical (unpaired) electrons. The van der Waals surface area contributed by atoms with E-state index in [1.54, 1.807) is 24.3 Å². The predicted molar refractivity (Wildman–Crippen MR) is 59.6 cm³/mol. The van der Waals surface area contributed by atoms with E-state index in [4.69, 9.17) is 0 Å². The van der Waals surface area contributed by atoms with E-state index in [2.05, 4.69) is 0 Å². The monoisotopic (exact) mass is 239 g/mol. The van der Waals surface area contributed by atoms with Crippen molar-refractivity contribution in [2.24, 2.45) is 0 Å². The summed E-state index contributed by atoms with van der Waals surface area (Å²) in [4.78, 5) is 10.8. The van der Waals surface area contributed by atoms with Gasteiger partial charge in [-0.15, -0.1) is 0 Å². The van der Waals surface area contributed by atoms with Gasteiger partial charge in [-0.1, -0.05) is 18.2 Å². The SMILES string of the molecule is O=CCc1ccccc1S(=O)(=O)N1CCC1. The molecular formula is C11H13NO3S. The molecule has 1 heterocycles. The molecule has 1 aliphatic heterocycles. The Kier molecular flexibility index (Phi) is 3.07. The third kappa shape index (κ3) is 1.88. The van der Waals surface area contributed by atoms with Crippen molar-refractivity contribution in [1.29, 1.82) is 0 Å². The second kappa shape index (κ2) is 4.35. The lowest BCUT2D eigenvalue weighted by Gasteiger charge is -2.30. The number of carbonyl (C=O) groups is 1. The first kappa shape index (κ1) is 11.3. The van der Waals surface area contributed by atoms with Crippen molar-refractivity contribution < 1.29 is 13.2 Å². The molecule has 1 aliphatic rings. The molecule has 0 spiro atoms. The largest absolute Gasteiger partial charge is 0.303 e. The number of carbonyl (C=O) groups excluding carboxylic acids is 1. The summed E-state index contributed by atoms with van der Waals surface area (Å²) in [6.07, 6.45) is 1.78. The summed E-state index contributed by atoms with van der Waals surface area (Å²) in [5.74, 6) is 0. The van der Waals surface area contributed by atoms with Crippen molar-refractivity contribution in [3.8, 4) is 0 Å². The molecule has 0 atom stereocenters. The summed E-state index contributed by atoms with van der Waals surface area (Å²) < 4.78 is 25.7. The Bertz CT molecular complexity index is 492. The molecule has 4 nitrogen and oxygen atoms in total. The molecule has 0 aromatic heterocycles. The van der Waals surface area contributed by atoms with E-state index >= 15 is 0 Å². The molecule has 1 saturated heterocycles. The minimum absolute atomic E-state index is 0.142. The normalized spacial score (nSPS) is 16.8. The summed E-state index contributed by atoms with van der Waals surface area (Å²) in [5, 5.41) is 0.